The zero-order chi connectivity index (χ0) is 26.3. The molecule has 0 atom stereocenters. The van der Waals surface area contributed by atoms with Crippen molar-refractivity contribution in [1.82, 2.24) is 15.3 Å². The lowest BCUT2D eigenvalue weighted by atomic mass is 10.2. The quantitative estimate of drug-likeness (QED) is 0.241. The molecule has 0 spiro atoms. The van der Waals surface area contributed by atoms with Gasteiger partial charge in [-0.3, -0.25) is 9.59 Å². The van der Waals surface area contributed by atoms with E-state index in [1.165, 1.54) is 20.4 Å². The number of para-hydroxylation sites is 1. The third-order valence-corrected chi connectivity index (χ3v) is 6.65. The van der Waals surface area contributed by atoms with Crippen LogP contribution in [0, 0.1) is 0 Å². The maximum Gasteiger partial charge on any atom is 0.248 e. The number of hydrogen-bond acceptors (Lipinski definition) is 8. The summed E-state index contributed by atoms with van der Waals surface area (Å²) in [6, 6.07) is 12.2. The fourth-order valence-electron chi connectivity index (χ4n) is 3.11. The van der Waals surface area contributed by atoms with Gasteiger partial charge in [-0.15, -0.1) is 0 Å². The number of benzene rings is 2. The van der Waals surface area contributed by atoms with Crippen molar-refractivity contribution in [3.8, 4) is 5.75 Å². The number of anilines is 5. The van der Waals surface area contributed by atoms with E-state index < -0.39 is 19.0 Å². The molecule has 0 saturated heterocycles. The van der Waals surface area contributed by atoms with Gasteiger partial charge in [-0.25, -0.2) is 4.98 Å². The summed E-state index contributed by atoms with van der Waals surface area (Å²) >= 11 is 6.33. The Kier molecular flexibility index (Phi) is 8.68. The third-order valence-electron chi connectivity index (χ3n) is 4.83. The van der Waals surface area contributed by atoms with E-state index in [1.807, 2.05) is 12.1 Å². The minimum atomic E-state index is -2.56. The molecule has 0 radical (unpaired) electrons. The second kappa shape index (κ2) is 11.7. The van der Waals surface area contributed by atoms with Gasteiger partial charge in [0.25, 0.3) is 0 Å². The number of amides is 2. The summed E-state index contributed by atoms with van der Waals surface area (Å²) < 4.78 is 18.1. The molecule has 36 heavy (non-hydrogen) atoms. The van der Waals surface area contributed by atoms with Crippen molar-refractivity contribution >= 4 is 64.7 Å². The minimum absolute atomic E-state index is 0.205. The number of ether oxygens (including phenoxy) is 1. The highest BCUT2D eigenvalue weighted by atomic mass is 35.5. The van der Waals surface area contributed by atoms with Crippen LogP contribution in [0.3, 0.4) is 0 Å². The Bertz CT molecular complexity index is 1360. The first-order valence-corrected chi connectivity index (χ1v) is 13.7. The number of aromatic nitrogens is 2. The van der Waals surface area contributed by atoms with E-state index in [0.717, 1.165) is 12.2 Å². The highest BCUT2D eigenvalue weighted by Crippen LogP contribution is 2.39. The van der Waals surface area contributed by atoms with E-state index >= 15 is 0 Å². The van der Waals surface area contributed by atoms with Crippen molar-refractivity contribution in [3.05, 3.63) is 65.8 Å². The summed E-state index contributed by atoms with van der Waals surface area (Å²) in [4.78, 5) is 32.1. The Morgan fingerprint density at radius 2 is 1.75 bits per heavy atom. The van der Waals surface area contributed by atoms with E-state index in [1.54, 1.807) is 43.7 Å². The lowest BCUT2D eigenvalue weighted by Crippen LogP contribution is -2.16. The molecule has 0 unspecified atom stereocenters. The van der Waals surface area contributed by atoms with E-state index in [0.29, 0.717) is 33.9 Å². The van der Waals surface area contributed by atoms with E-state index in [9.17, 15) is 14.2 Å². The van der Waals surface area contributed by atoms with Crippen LogP contribution in [-0.2, 0) is 14.2 Å². The molecule has 2 aromatic carbocycles. The predicted octanol–water partition coefficient (Wildman–Crippen LogP) is 4.11. The predicted molar refractivity (Wildman–Crippen MR) is 144 cm³/mol. The van der Waals surface area contributed by atoms with Gasteiger partial charge in [0.1, 0.15) is 17.9 Å². The smallest absolute Gasteiger partial charge is 0.248 e. The van der Waals surface area contributed by atoms with Crippen LogP contribution >= 0.6 is 18.7 Å². The molecular formula is C24H26ClN6O4P. The van der Waals surface area contributed by atoms with Crippen molar-refractivity contribution in [2.45, 2.75) is 0 Å². The maximum absolute atomic E-state index is 12.7. The van der Waals surface area contributed by atoms with Gasteiger partial charge >= 0.3 is 0 Å². The number of methoxy groups -OCH3 is 1. The van der Waals surface area contributed by atoms with Gasteiger partial charge in [0.15, 0.2) is 5.82 Å². The first-order chi connectivity index (χ1) is 17.1. The van der Waals surface area contributed by atoms with Gasteiger partial charge in [0.05, 0.1) is 24.7 Å². The Morgan fingerprint density at radius 3 is 2.44 bits per heavy atom. The van der Waals surface area contributed by atoms with Gasteiger partial charge in [0.2, 0.25) is 17.8 Å². The van der Waals surface area contributed by atoms with E-state index in [-0.39, 0.29) is 11.0 Å². The van der Waals surface area contributed by atoms with Gasteiger partial charge in [-0.05, 0) is 43.7 Å². The number of likely N-dealkylation sites (N-methyl/N-ethyl adjacent to an activating group) is 1. The summed E-state index contributed by atoms with van der Waals surface area (Å²) in [5, 5.41) is 12.2. The molecular weight excluding hydrogens is 503 g/mol. The van der Waals surface area contributed by atoms with Gasteiger partial charge in [-0.2, -0.15) is 4.98 Å². The van der Waals surface area contributed by atoms with Gasteiger partial charge in [0, 0.05) is 30.2 Å². The van der Waals surface area contributed by atoms with Crippen LogP contribution in [-0.4, -0.2) is 49.3 Å². The van der Waals surface area contributed by atoms with Crippen LogP contribution in [0.25, 0.3) is 0 Å². The number of hydrogen-bond donors (Lipinski definition) is 4. The molecule has 0 bridgehead atoms. The van der Waals surface area contributed by atoms with Crippen molar-refractivity contribution in [2.75, 3.05) is 43.4 Å². The SMILES string of the molecule is CNC(=O)C=CC(=O)Nc1ccc(OC)c(Nc2ncc(Cl)c(Nc3ccccc3P(C)(C)=O)n2)c1. The van der Waals surface area contributed by atoms with Crippen LogP contribution in [0.1, 0.15) is 0 Å². The number of carbonyl (C=O) groups excluding carboxylic acids is 2. The minimum Gasteiger partial charge on any atom is -0.495 e. The summed E-state index contributed by atoms with van der Waals surface area (Å²) in [6.07, 6.45) is 3.68. The van der Waals surface area contributed by atoms with Crippen LogP contribution < -0.4 is 31.3 Å². The highest BCUT2D eigenvalue weighted by Gasteiger charge is 2.17. The molecule has 3 rings (SSSR count). The fourth-order valence-corrected chi connectivity index (χ4v) is 4.41. The molecule has 188 valence electrons. The second-order valence-electron chi connectivity index (χ2n) is 7.86. The second-order valence-corrected chi connectivity index (χ2v) is 11.5. The molecule has 1 aromatic heterocycles. The molecule has 12 heteroatoms. The summed E-state index contributed by atoms with van der Waals surface area (Å²) in [5.74, 6) is 0.126. The number of nitrogens with zero attached hydrogens (tertiary/aromatic N) is 2. The van der Waals surface area contributed by atoms with Crippen molar-refractivity contribution in [1.29, 1.82) is 0 Å². The molecule has 0 aliphatic carbocycles. The summed E-state index contributed by atoms with van der Waals surface area (Å²) in [6.45, 7) is 3.38. The highest BCUT2D eigenvalue weighted by molar-refractivity contribution is 7.70. The molecule has 0 saturated carbocycles. The first kappa shape index (κ1) is 26.7. The Balaban J connectivity index is 1.85. The molecule has 3 aromatic rings. The molecule has 0 fully saturated rings. The lowest BCUT2D eigenvalue weighted by Gasteiger charge is -2.16. The van der Waals surface area contributed by atoms with Crippen molar-refractivity contribution in [2.24, 2.45) is 0 Å². The average Bonchev–Trinajstić information content (AvgIpc) is 2.84. The Morgan fingerprint density at radius 1 is 1.03 bits per heavy atom. The third kappa shape index (κ3) is 7.07. The summed E-state index contributed by atoms with van der Waals surface area (Å²) in [5.41, 5.74) is 1.56. The largest absolute Gasteiger partial charge is 0.495 e. The van der Waals surface area contributed by atoms with E-state index in [2.05, 4.69) is 31.2 Å². The van der Waals surface area contributed by atoms with Gasteiger partial charge < -0.3 is 30.6 Å². The van der Waals surface area contributed by atoms with Gasteiger partial charge in [-0.1, -0.05) is 23.7 Å². The lowest BCUT2D eigenvalue weighted by molar-refractivity contribution is -0.117. The molecule has 0 aliphatic heterocycles. The number of carbonyl (C=O) groups is 2. The van der Waals surface area contributed by atoms with Crippen LogP contribution in [0.2, 0.25) is 5.02 Å². The zero-order valence-electron chi connectivity index (χ0n) is 20.1. The average molecular weight is 529 g/mol. The molecule has 2 amide bonds. The molecule has 4 N–H and O–H groups in total. The number of halogens is 1. The van der Waals surface area contributed by atoms with Crippen LogP contribution in [0.15, 0.2) is 60.8 Å². The fraction of sp³-hybridized carbons (Fsp3) is 0.167. The molecule has 0 aliphatic rings. The number of rotatable bonds is 9. The van der Waals surface area contributed by atoms with Crippen molar-refractivity contribution < 1.29 is 18.9 Å². The Hall–Kier alpha value is -3.88. The molecule has 10 nitrogen and oxygen atoms in total. The monoisotopic (exact) mass is 528 g/mol. The topological polar surface area (TPSA) is 134 Å². The maximum atomic E-state index is 12.7. The van der Waals surface area contributed by atoms with Crippen LogP contribution in [0.4, 0.5) is 28.8 Å². The molecule has 1 heterocycles. The summed E-state index contributed by atoms with van der Waals surface area (Å²) in [7, 11) is 0.416. The zero-order valence-corrected chi connectivity index (χ0v) is 21.8. The van der Waals surface area contributed by atoms with Crippen molar-refractivity contribution in [3.63, 3.8) is 0 Å². The van der Waals surface area contributed by atoms with Crippen LogP contribution in [0.5, 0.6) is 5.75 Å². The normalized spacial score (nSPS) is 11.1. The Labute approximate surface area is 213 Å². The first-order valence-electron chi connectivity index (χ1n) is 10.7. The number of nitrogens with one attached hydrogen (secondary N) is 4. The standard InChI is InChI=1S/C24H26ClN6O4P/c1-26-21(32)11-12-22(33)28-15-9-10-19(35-2)18(13-15)30-24-27-14-16(25)23(31-24)29-17-7-5-6-8-20(17)36(3,4)34/h5-14H,1-4H3,(H,26,32)(H,28,33)(H2,27,29,30,31). The van der Waals surface area contributed by atoms with E-state index in [4.69, 9.17) is 16.3 Å².